The Morgan fingerprint density at radius 1 is 1.43 bits per heavy atom. The van der Waals surface area contributed by atoms with Crippen LogP contribution >= 0.6 is 23.5 Å². The fraction of sp³-hybridized carbons (Fsp3) is 0.533. The normalized spacial score (nSPS) is 18.3. The van der Waals surface area contributed by atoms with Crippen molar-refractivity contribution in [3.8, 4) is 0 Å². The molecule has 1 aliphatic rings. The van der Waals surface area contributed by atoms with Crippen LogP contribution in [0.2, 0.25) is 0 Å². The number of thioether (sulfide) groups is 2. The Balaban J connectivity index is 1.98. The minimum atomic E-state index is -0.376. The second-order valence-electron chi connectivity index (χ2n) is 4.87. The fourth-order valence-corrected chi connectivity index (χ4v) is 4.71. The van der Waals surface area contributed by atoms with Crippen molar-refractivity contribution >= 4 is 35.1 Å². The quantitative estimate of drug-likeness (QED) is 0.841. The molecule has 1 heterocycles. The van der Waals surface area contributed by atoms with Crippen LogP contribution in [0.4, 0.5) is 10.1 Å². The van der Waals surface area contributed by atoms with Gasteiger partial charge in [-0.25, -0.2) is 4.39 Å². The van der Waals surface area contributed by atoms with Crippen LogP contribution in [-0.4, -0.2) is 41.5 Å². The van der Waals surface area contributed by atoms with Gasteiger partial charge in [0.2, 0.25) is 0 Å². The summed E-state index contributed by atoms with van der Waals surface area (Å²) < 4.78 is 13.9. The number of halogens is 1. The molecule has 1 atom stereocenters. The summed E-state index contributed by atoms with van der Waals surface area (Å²) in [6.45, 7) is 3.29. The van der Waals surface area contributed by atoms with E-state index in [1.165, 1.54) is 11.8 Å². The number of rotatable bonds is 6. The van der Waals surface area contributed by atoms with Crippen molar-refractivity contribution in [1.82, 2.24) is 5.32 Å². The third kappa shape index (κ3) is 4.81. The molecule has 6 heteroatoms. The maximum Gasteiger partial charge on any atom is 0.253 e. The number of hydrogen-bond donors (Lipinski definition) is 2. The average molecular weight is 328 g/mol. The van der Waals surface area contributed by atoms with Crippen LogP contribution in [0.5, 0.6) is 0 Å². The Labute approximate surface area is 133 Å². The van der Waals surface area contributed by atoms with Crippen molar-refractivity contribution in [3.05, 3.63) is 29.6 Å². The highest BCUT2D eigenvalue weighted by molar-refractivity contribution is 8.06. The SMILES string of the molecule is CCCNc1c(F)cccc1C(=O)NCC1CSCCS1. The monoisotopic (exact) mass is 328 g/mol. The van der Waals surface area contributed by atoms with E-state index in [4.69, 9.17) is 0 Å². The number of benzene rings is 1. The summed E-state index contributed by atoms with van der Waals surface area (Å²) in [5.74, 6) is 2.80. The van der Waals surface area contributed by atoms with E-state index in [2.05, 4.69) is 10.6 Å². The predicted molar refractivity (Wildman–Crippen MR) is 91.1 cm³/mol. The van der Waals surface area contributed by atoms with E-state index >= 15 is 0 Å². The number of para-hydroxylation sites is 1. The fourth-order valence-electron chi connectivity index (χ4n) is 2.10. The summed E-state index contributed by atoms with van der Waals surface area (Å²) in [4.78, 5) is 12.3. The van der Waals surface area contributed by atoms with E-state index in [9.17, 15) is 9.18 Å². The standard InChI is InChI=1S/C15H21FN2OS2/c1-2-6-17-14-12(4-3-5-13(14)16)15(19)18-9-11-10-20-7-8-21-11/h3-5,11,17H,2,6-10H2,1H3,(H,18,19). The Kier molecular flexibility index (Phi) is 6.70. The smallest absolute Gasteiger partial charge is 0.253 e. The van der Waals surface area contributed by atoms with Crippen LogP contribution in [0.25, 0.3) is 0 Å². The predicted octanol–water partition coefficient (Wildman–Crippen LogP) is 3.23. The van der Waals surface area contributed by atoms with Crippen molar-refractivity contribution in [2.45, 2.75) is 18.6 Å². The van der Waals surface area contributed by atoms with Crippen LogP contribution in [-0.2, 0) is 0 Å². The van der Waals surface area contributed by atoms with E-state index in [0.717, 1.165) is 17.9 Å². The van der Waals surface area contributed by atoms with Crippen LogP contribution < -0.4 is 10.6 Å². The highest BCUT2D eigenvalue weighted by atomic mass is 32.2. The molecule has 1 aliphatic heterocycles. The van der Waals surface area contributed by atoms with Gasteiger partial charge in [0.05, 0.1) is 11.3 Å². The molecule has 1 amide bonds. The summed E-state index contributed by atoms with van der Waals surface area (Å²) >= 11 is 3.82. The van der Waals surface area contributed by atoms with Gasteiger partial charge >= 0.3 is 0 Å². The van der Waals surface area contributed by atoms with Gasteiger partial charge in [0.15, 0.2) is 0 Å². The van der Waals surface area contributed by atoms with Gasteiger partial charge in [0, 0.05) is 35.6 Å². The topological polar surface area (TPSA) is 41.1 Å². The number of nitrogens with one attached hydrogen (secondary N) is 2. The van der Waals surface area contributed by atoms with Crippen LogP contribution in [0.3, 0.4) is 0 Å². The number of amides is 1. The van der Waals surface area contributed by atoms with Gasteiger partial charge in [-0.3, -0.25) is 4.79 Å². The molecule has 1 unspecified atom stereocenters. The lowest BCUT2D eigenvalue weighted by Gasteiger charge is -2.21. The molecule has 0 saturated carbocycles. The number of carbonyl (C=O) groups is 1. The molecule has 1 aromatic rings. The zero-order chi connectivity index (χ0) is 15.1. The Bertz CT molecular complexity index is 479. The molecule has 3 nitrogen and oxygen atoms in total. The van der Waals surface area contributed by atoms with E-state index in [1.807, 2.05) is 30.4 Å². The molecule has 2 rings (SSSR count). The molecule has 0 aromatic heterocycles. The summed E-state index contributed by atoms with van der Waals surface area (Å²) in [6.07, 6.45) is 0.880. The first-order valence-corrected chi connectivity index (χ1v) is 9.42. The van der Waals surface area contributed by atoms with Crippen molar-refractivity contribution in [2.75, 3.05) is 35.7 Å². The first-order chi connectivity index (χ1) is 10.2. The molecule has 2 N–H and O–H groups in total. The Morgan fingerprint density at radius 2 is 2.29 bits per heavy atom. The molecule has 0 bridgehead atoms. The molecule has 116 valence electrons. The molecule has 21 heavy (non-hydrogen) atoms. The first-order valence-electron chi connectivity index (χ1n) is 7.22. The summed E-state index contributed by atoms with van der Waals surface area (Å²) in [6, 6.07) is 4.62. The Morgan fingerprint density at radius 3 is 3.00 bits per heavy atom. The number of hydrogen-bond acceptors (Lipinski definition) is 4. The first kappa shape index (κ1) is 16.5. The van der Waals surface area contributed by atoms with Crippen LogP contribution in [0.15, 0.2) is 18.2 Å². The number of carbonyl (C=O) groups excluding carboxylic acids is 1. The van der Waals surface area contributed by atoms with Gasteiger partial charge in [-0.2, -0.15) is 23.5 Å². The van der Waals surface area contributed by atoms with Gasteiger partial charge in [-0.05, 0) is 18.6 Å². The van der Waals surface area contributed by atoms with Gasteiger partial charge < -0.3 is 10.6 Å². The highest BCUT2D eigenvalue weighted by Crippen LogP contribution is 2.24. The minimum Gasteiger partial charge on any atom is -0.382 e. The van der Waals surface area contributed by atoms with Crippen molar-refractivity contribution in [1.29, 1.82) is 0 Å². The lowest BCUT2D eigenvalue weighted by Crippen LogP contribution is -2.33. The molecule has 0 aliphatic carbocycles. The van der Waals surface area contributed by atoms with Gasteiger partial charge in [0.1, 0.15) is 5.82 Å². The van der Waals surface area contributed by atoms with Crippen LogP contribution in [0.1, 0.15) is 23.7 Å². The molecule has 1 aromatic carbocycles. The van der Waals surface area contributed by atoms with Crippen LogP contribution in [0, 0.1) is 5.82 Å². The second kappa shape index (κ2) is 8.54. The molecule has 0 spiro atoms. The van der Waals surface area contributed by atoms with E-state index in [1.54, 1.807) is 12.1 Å². The lowest BCUT2D eigenvalue weighted by atomic mass is 10.1. The molecular formula is C15H21FN2OS2. The zero-order valence-corrected chi connectivity index (χ0v) is 13.8. The van der Waals surface area contributed by atoms with Gasteiger partial charge in [-0.15, -0.1) is 0 Å². The maximum absolute atomic E-state index is 13.9. The largest absolute Gasteiger partial charge is 0.382 e. The van der Waals surface area contributed by atoms with Crippen molar-refractivity contribution < 1.29 is 9.18 Å². The lowest BCUT2D eigenvalue weighted by molar-refractivity contribution is 0.0954. The number of anilines is 1. The highest BCUT2D eigenvalue weighted by Gasteiger charge is 2.18. The minimum absolute atomic E-state index is 0.204. The van der Waals surface area contributed by atoms with Gasteiger partial charge in [-0.1, -0.05) is 13.0 Å². The maximum atomic E-state index is 13.9. The molecular weight excluding hydrogens is 307 g/mol. The Hall–Kier alpha value is -0.880. The van der Waals surface area contributed by atoms with E-state index in [-0.39, 0.29) is 11.7 Å². The summed E-state index contributed by atoms with van der Waals surface area (Å²) in [5.41, 5.74) is 0.694. The summed E-state index contributed by atoms with van der Waals surface area (Å²) in [5, 5.41) is 6.39. The third-order valence-electron chi connectivity index (χ3n) is 3.19. The van der Waals surface area contributed by atoms with E-state index < -0.39 is 0 Å². The van der Waals surface area contributed by atoms with E-state index in [0.29, 0.717) is 29.6 Å². The van der Waals surface area contributed by atoms with Crippen molar-refractivity contribution in [3.63, 3.8) is 0 Å². The average Bonchev–Trinajstić information content (AvgIpc) is 2.52. The zero-order valence-electron chi connectivity index (χ0n) is 12.2. The molecule has 0 radical (unpaired) electrons. The molecule has 1 fully saturated rings. The summed E-state index contributed by atoms with van der Waals surface area (Å²) in [7, 11) is 0. The van der Waals surface area contributed by atoms with Gasteiger partial charge in [0.25, 0.3) is 5.91 Å². The third-order valence-corrected chi connectivity index (χ3v) is 6.03. The second-order valence-corrected chi connectivity index (χ2v) is 7.42. The molecule has 1 saturated heterocycles. The van der Waals surface area contributed by atoms with Crippen molar-refractivity contribution in [2.24, 2.45) is 0 Å².